The van der Waals surface area contributed by atoms with E-state index in [0.29, 0.717) is 32.5 Å². The van der Waals surface area contributed by atoms with Crippen molar-refractivity contribution in [1.82, 2.24) is 15.5 Å². The quantitative estimate of drug-likeness (QED) is 0.402. The smallest absolute Gasteiger partial charge is 0.244 e. The Hall–Kier alpha value is -1.28. The maximum absolute atomic E-state index is 13.5. The van der Waals surface area contributed by atoms with Crippen molar-refractivity contribution in [3.8, 4) is 0 Å². The van der Waals surface area contributed by atoms with Crippen LogP contribution in [0.25, 0.3) is 0 Å². The van der Waals surface area contributed by atoms with Gasteiger partial charge >= 0.3 is 0 Å². The first-order valence-corrected chi connectivity index (χ1v) is 12.5. The number of nitrogens with zero attached hydrogens (tertiary/aromatic N) is 1. The van der Waals surface area contributed by atoms with Gasteiger partial charge in [-0.1, -0.05) is 26.7 Å². The average Bonchev–Trinajstić information content (AvgIpc) is 3.37. The number of hydrogen-bond donors (Lipinski definition) is 3. The molecule has 3 aliphatic rings. The van der Waals surface area contributed by atoms with Crippen LogP contribution in [0.1, 0.15) is 65.2 Å². The second-order valence-corrected chi connectivity index (χ2v) is 10.4. The number of fused-ring (bicyclic) bond motifs is 1. The summed E-state index contributed by atoms with van der Waals surface area (Å²) in [6.45, 7) is 5.91. The topological polar surface area (TPSA) is 98.7 Å². The molecule has 3 fully saturated rings. The van der Waals surface area contributed by atoms with E-state index in [9.17, 15) is 19.5 Å². The van der Waals surface area contributed by atoms with Gasteiger partial charge in [-0.15, -0.1) is 11.8 Å². The maximum atomic E-state index is 13.5. The van der Waals surface area contributed by atoms with Gasteiger partial charge in [0.05, 0.1) is 16.6 Å². The van der Waals surface area contributed by atoms with Crippen molar-refractivity contribution in [2.45, 2.75) is 81.3 Å². The Kier molecular flexibility index (Phi) is 8.07. The zero-order chi connectivity index (χ0) is 21.7. The highest BCUT2D eigenvalue weighted by Gasteiger charge is 2.73. The summed E-state index contributed by atoms with van der Waals surface area (Å²) in [6.07, 6.45) is 6.88. The highest BCUT2D eigenvalue weighted by molar-refractivity contribution is 8.02. The van der Waals surface area contributed by atoms with Crippen molar-refractivity contribution in [3.05, 3.63) is 0 Å². The summed E-state index contributed by atoms with van der Waals surface area (Å²) in [7, 11) is 0. The molecule has 8 heteroatoms. The molecule has 0 aliphatic carbocycles. The van der Waals surface area contributed by atoms with Gasteiger partial charge in [0.2, 0.25) is 17.7 Å². The van der Waals surface area contributed by atoms with Crippen LogP contribution in [0.15, 0.2) is 0 Å². The Balaban J connectivity index is 1.83. The second kappa shape index (κ2) is 10.4. The summed E-state index contributed by atoms with van der Waals surface area (Å²) in [5, 5.41) is 15.4. The minimum atomic E-state index is -0.519. The molecule has 0 radical (unpaired) electrons. The summed E-state index contributed by atoms with van der Waals surface area (Å²) < 4.78 is -0.496. The number of carbonyl (C=O) groups is 3. The van der Waals surface area contributed by atoms with Gasteiger partial charge in [0, 0.05) is 31.5 Å². The molecule has 7 nitrogen and oxygen atoms in total. The van der Waals surface area contributed by atoms with Crippen molar-refractivity contribution < 1.29 is 19.5 Å². The molecule has 5 atom stereocenters. The van der Waals surface area contributed by atoms with E-state index in [0.717, 1.165) is 38.5 Å². The Morgan fingerprint density at radius 2 is 1.87 bits per heavy atom. The molecule has 170 valence electrons. The average molecular weight is 440 g/mol. The lowest BCUT2D eigenvalue weighted by Crippen LogP contribution is -2.54. The van der Waals surface area contributed by atoms with Crippen molar-refractivity contribution in [3.63, 3.8) is 0 Å². The van der Waals surface area contributed by atoms with Crippen molar-refractivity contribution in [2.75, 3.05) is 26.2 Å². The van der Waals surface area contributed by atoms with Crippen LogP contribution in [0.5, 0.6) is 0 Å². The van der Waals surface area contributed by atoms with E-state index in [1.165, 1.54) is 0 Å². The number of thioether (sulfide) groups is 1. The monoisotopic (exact) mass is 439 g/mol. The first-order valence-electron chi connectivity index (χ1n) is 11.7. The zero-order valence-corrected chi connectivity index (χ0v) is 19.1. The van der Waals surface area contributed by atoms with Gasteiger partial charge in [0.25, 0.3) is 0 Å². The molecule has 3 rings (SSSR count). The molecule has 1 spiro atoms. The number of nitrogens with one attached hydrogen (secondary N) is 2. The summed E-state index contributed by atoms with van der Waals surface area (Å²) >= 11 is 1.71. The predicted octanol–water partition coefficient (Wildman–Crippen LogP) is 1.68. The summed E-state index contributed by atoms with van der Waals surface area (Å²) in [5.74, 6) is -0.921. The number of likely N-dealkylation sites (tertiary alicyclic amines) is 1. The number of rotatable bonds is 12. The van der Waals surface area contributed by atoms with Crippen LogP contribution < -0.4 is 10.6 Å². The fraction of sp³-hybridized carbons (Fsp3) is 0.864. The largest absolute Gasteiger partial charge is 0.396 e. The molecule has 0 aromatic heterocycles. The second-order valence-electron chi connectivity index (χ2n) is 8.81. The van der Waals surface area contributed by atoms with E-state index in [1.54, 1.807) is 16.7 Å². The molecule has 0 aromatic carbocycles. The molecular formula is C22H37N3O4S. The number of unbranched alkanes of at least 4 members (excludes halogenated alkanes) is 3. The number of carbonyl (C=O) groups excluding carboxylic acids is 3. The molecule has 3 amide bonds. The lowest BCUT2D eigenvalue weighted by atomic mass is 9.70. The minimum Gasteiger partial charge on any atom is -0.396 e. The maximum Gasteiger partial charge on any atom is 0.244 e. The Labute approximate surface area is 184 Å². The number of amides is 3. The van der Waals surface area contributed by atoms with Crippen molar-refractivity contribution in [2.24, 2.45) is 11.8 Å². The van der Waals surface area contributed by atoms with Crippen LogP contribution in [0, 0.1) is 11.8 Å². The van der Waals surface area contributed by atoms with Gasteiger partial charge < -0.3 is 20.6 Å². The van der Waals surface area contributed by atoms with Gasteiger partial charge in [-0.2, -0.15) is 0 Å². The van der Waals surface area contributed by atoms with Gasteiger partial charge in [0.1, 0.15) is 6.04 Å². The fourth-order valence-electron chi connectivity index (χ4n) is 5.44. The van der Waals surface area contributed by atoms with Crippen molar-refractivity contribution in [1.29, 1.82) is 0 Å². The lowest BCUT2D eigenvalue weighted by Gasteiger charge is -2.34. The highest BCUT2D eigenvalue weighted by Crippen LogP contribution is 2.66. The molecule has 3 N–H and O–H groups in total. The van der Waals surface area contributed by atoms with Crippen molar-refractivity contribution >= 4 is 29.5 Å². The standard InChI is InChI=1S/C22H37N3O4S/c1-3-5-6-12-24-20(28)18-22-10-9-15(30-22)16(19(27)23-11-4-2)17(22)21(29)25(18)13-7-8-14-26/h15-18,26H,3-14H2,1-2H3,(H,23,27)(H,24,28)/t15-,16+,17+,18?,22?/m1/s1. The highest BCUT2D eigenvalue weighted by atomic mass is 32.2. The Morgan fingerprint density at radius 3 is 2.57 bits per heavy atom. The van der Waals surface area contributed by atoms with E-state index in [4.69, 9.17) is 0 Å². The number of hydrogen-bond acceptors (Lipinski definition) is 5. The summed E-state index contributed by atoms with van der Waals surface area (Å²) in [6, 6.07) is -0.519. The van der Waals surface area contributed by atoms with E-state index in [1.807, 2.05) is 6.92 Å². The molecular weight excluding hydrogens is 402 g/mol. The van der Waals surface area contributed by atoms with Crippen LogP contribution >= 0.6 is 11.8 Å². The van der Waals surface area contributed by atoms with E-state index in [-0.39, 0.29) is 35.5 Å². The van der Waals surface area contributed by atoms with Gasteiger partial charge in [0.15, 0.2) is 0 Å². The molecule has 0 saturated carbocycles. The lowest BCUT2D eigenvalue weighted by molar-refractivity contribution is -0.140. The van der Waals surface area contributed by atoms with E-state index in [2.05, 4.69) is 17.6 Å². The van der Waals surface area contributed by atoms with Crippen LogP contribution in [-0.4, -0.2) is 70.0 Å². The van der Waals surface area contributed by atoms with E-state index >= 15 is 0 Å². The third kappa shape index (κ3) is 4.22. The van der Waals surface area contributed by atoms with E-state index < -0.39 is 16.7 Å². The van der Waals surface area contributed by atoms with Crippen LogP contribution in [0.3, 0.4) is 0 Å². The molecule has 3 aliphatic heterocycles. The van der Waals surface area contributed by atoms with Gasteiger partial charge in [-0.25, -0.2) is 0 Å². The molecule has 30 heavy (non-hydrogen) atoms. The SMILES string of the molecule is CCCCCNC(=O)C1N(CCCCO)C(=O)[C@@H]2[C@@H](C(=O)NCCC)[C@H]3CCC12S3. The Bertz CT molecular complexity index is 646. The van der Waals surface area contributed by atoms with Gasteiger partial charge in [-0.3, -0.25) is 14.4 Å². The third-order valence-corrected chi connectivity index (χ3v) is 8.74. The third-order valence-electron chi connectivity index (χ3n) is 6.79. The molecule has 3 saturated heterocycles. The predicted molar refractivity (Wildman–Crippen MR) is 118 cm³/mol. The van der Waals surface area contributed by atoms with Gasteiger partial charge in [-0.05, 0) is 38.5 Å². The molecule has 2 bridgehead atoms. The fourth-order valence-corrected chi connectivity index (χ4v) is 7.66. The molecule has 0 aromatic rings. The Morgan fingerprint density at radius 1 is 1.10 bits per heavy atom. The number of aliphatic hydroxyl groups excluding tert-OH is 1. The normalized spacial score (nSPS) is 31.8. The summed E-state index contributed by atoms with van der Waals surface area (Å²) in [5.41, 5.74) is 0. The minimum absolute atomic E-state index is 0.0337. The first-order chi connectivity index (χ1) is 14.5. The zero-order valence-electron chi connectivity index (χ0n) is 18.3. The van der Waals surface area contributed by atoms with Crippen LogP contribution in [0.2, 0.25) is 0 Å². The first kappa shape index (κ1) is 23.4. The van der Waals surface area contributed by atoms with Crippen LogP contribution in [0.4, 0.5) is 0 Å². The summed E-state index contributed by atoms with van der Waals surface area (Å²) in [4.78, 5) is 41.5. The molecule has 3 heterocycles. The van der Waals surface area contributed by atoms with Crippen LogP contribution in [-0.2, 0) is 14.4 Å². The molecule has 2 unspecified atom stereocenters. The number of aliphatic hydroxyl groups is 1.